The van der Waals surface area contributed by atoms with Crippen molar-refractivity contribution >= 4 is 29.2 Å². The number of hydrogen-bond acceptors (Lipinski definition) is 7. The Bertz CT molecular complexity index is 1350. The summed E-state index contributed by atoms with van der Waals surface area (Å²) in [5.74, 6) is -0.340. The SMILES string of the molecule is O=Cc1ccccc1C1C=C(c2csc(C3CCN(C(=O)Cn4nc(C(F)F)cc4C(F)F)CC3)n2)NO1. The molecule has 1 fully saturated rings. The van der Waals surface area contributed by atoms with Crippen LogP contribution in [0.15, 0.2) is 41.8 Å². The summed E-state index contributed by atoms with van der Waals surface area (Å²) in [5.41, 5.74) is 4.11. The topological polar surface area (TPSA) is 89.4 Å². The molecule has 0 saturated carbocycles. The van der Waals surface area contributed by atoms with E-state index >= 15 is 0 Å². The molecule has 1 amide bonds. The van der Waals surface area contributed by atoms with Gasteiger partial charge in [0.15, 0.2) is 0 Å². The molecule has 1 unspecified atom stereocenters. The van der Waals surface area contributed by atoms with Crippen LogP contribution in [0, 0.1) is 0 Å². The first-order chi connectivity index (χ1) is 18.3. The number of nitrogens with zero attached hydrogens (tertiary/aromatic N) is 4. The van der Waals surface area contributed by atoms with E-state index in [1.807, 2.05) is 23.6 Å². The minimum Gasteiger partial charge on any atom is -0.341 e. The molecule has 38 heavy (non-hydrogen) atoms. The number of hydrogen-bond donors (Lipinski definition) is 1. The molecule has 3 aromatic rings. The number of alkyl halides is 4. The summed E-state index contributed by atoms with van der Waals surface area (Å²) >= 11 is 1.49. The molecular formula is C25H23F4N5O3S. The number of thiazole rings is 1. The molecule has 1 aromatic carbocycles. The highest BCUT2D eigenvalue weighted by atomic mass is 32.1. The van der Waals surface area contributed by atoms with E-state index in [0.29, 0.717) is 53.6 Å². The Morgan fingerprint density at radius 2 is 1.95 bits per heavy atom. The number of hydroxylamine groups is 1. The second kappa shape index (κ2) is 11.0. The van der Waals surface area contributed by atoms with Crippen molar-refractivity contribution in [3.63, 3.8) is 0 Å². The Hall–Kier alpha value is -3.58. The molecule has 1 atom stereocenters. The van der Waals surface area contributed by atoms with Gasteiger partial charge in [-0.2, -0.15) is 5.10 Å². The van der Waals surface area contributed by atoms with Crippen molar-refractivity contribution in [2.45, 2.75) is 44.3 Å². The molecule has 0 bridgehead atoms. The maximum atomic E-state index is 13.2. The van der Waals surface area contributed by atoms with Gasteiger partial charge in [-0.25, -0.2) is 22.5 Å². The highest BCUT2D eigenvalue weighted by Gasteiger charge is 2.29. The van der Waals surface area contributed by atoms with Gasteiger partial charge in [0.25, 0.3) is 12.9 Å². The summed E-state index contributed by atoms with van der Waals surface area (Å²) < 4.78 is 52.9. The molecule has 2 aliphatic heterocycles. The van der Waals surface area contributed by atoms with Gasteiger partial charge in [0.05, 0.1) is 16.4 Å². The number of benzene rings is 1. The number of piperidine rings is 1. The van der Waals surface area contributed by atoms with E-state index < -0.39 is 42.8 Å². The summed E-state index contributed by atoms with van der Waals surface area (Å²) in [6.07, 6.45) is -2.54. The van der Waals surface area contributed by atoms with E-state index in [-0.39, 0.29) is 5.92 Å². The van der Waals surface area contributed by atoms with Crippen molar-refractivity contribution in [1.82, 2.24) is 25.1 Å². The Labute approximate surface area is 218 Å². The summed E-state index contributed by atoms with van der Waals surface area (Å²) in [6, 6.07) is 7.81. The van der Waals surface area contributed by atoms with Gasteiger partial charge >= 0.3 is 0 Å². The van der Waals surface area contributed by atoms with Crippen LogP contribution in [0.1, 0.15) is 75.7 Å². The molecule has 8 nitrogen and oxygen atoms in total. The number of rotatable bonds is 8. The van der Waals surface area contributed by atoms with Crippen molar-refractivity contribution in [3.8, 4) is 0 Å². The Morgan fingerprint density at radius 3 is 2.66 bits per heavy atom. The third-order valence-corrected chi connectivity index (χ3v) is 7.61. The van der Waals surface area contributed by atoms with Gasteiger partial charge in [-0.1, -0.05) is 24.3 Å². The second-order valence-corrected chi connectivity index (χ2v) is 9.84. The number of amides is 1. The zero-order chi connectivity index (χ0) is 26.8. The highest BCUT2D eigenvalue weighted by molar-refractivity contribution is 7.09. The molecule has 0 radical (unpaired) electrons. The quantitative estimate of drug-likeness (QED) is 0.313. The lowest BCUT2D eigenvalue weighted by Gasteiger charge is -2.31. The number of likely N-dealkylation sites (tertiary alicyclic amines) is 1. The van der Waals surface area contributed by atoms with Crippen LogP contribution in [-0.2, 0) is 16.2 Å². The first-order valence-electron chi connectivity index (χ1n) is 11.9. The van der Waals surface area contributed by atoms with Crippen molar-refractivity contribution in [3.05, 3.63) is 75.0 Å². The summed E-state index contributed by atoms with van der Waals surface area (Å²) in [4.78, 5) is 36.0. The predicted octanol–water partition coefficient (Wildman–Crippen LogP) is 5.05. The normalized spacial score (nSPS) is 18.2. The van der Waals surface area contributed by atoms with E-state index in [2.05, 4.69) is 10.6 Å². The Morgan fingerprint density at radius 1 is 1.18 bits per heavy atom. The van der Waals surface area contributed by atoms with Crippen LogP contribution in [-0.4, -0.2) is 44.9 Å². The minimum atomic E-state index is -3.02. The molecule has 2 aromatic heterocycles. The summed E-state index contributed by atoms with van der Waals surface area (Å²) in [7, 11) is 0. The van der Waals surface area contributed by atoms with E-state index in [1.54, 1.807) is 12.1 Å². The average Bonchev–Trinajstić information content (AvgIpc) is 3.68. The zero-order valence-corrected chi connectivity index (χ0v) is 20.7. The molecule has 1 saturated heterocycles. The van der Waals surface area contributed by atoms with Gasteiger partial charge in [-0.05, 0) is 30.5 Å². The van der Waals surface area contributed by atoms with Crippen LogP contribution in [0.4, 0.5) is 17.6 Å². The third kappa shape index (κ3) is 5.34. The second-order valence-electron chi connectivity index (χ2n) is 8.95. The monoisotopic (exact) mass is 549 g/mol. The fraction of sp³-hybridized carbons (Fsp3) is 0.360. The number of carbonyl (C=O) groups excluding carboxylic acids is 2. The molecule has 200 valence electrons. The lowest BCUT2D eigenvalue weighted by molar-refractivity contribution is -0.133. The number of nitrogens with one attached hydrogen (secondary N) is 1. The first kappa shape index (κ1) is 26.0. The highest BCUT2D eigenvalue weighted by Crippen LogP contribution is 2.34. The van der Waals surface area contributed by atoms with Crippen molar-refractivity contribution in [2.75, 3.05) is 13.1 Å². The molecule has 4 heterocycles. The van der Waals surface area contributed by atoms with Crippen molar-refractivity contribution < 1.29 is 32.0 Å². The Balaban J connectivity index is 1.20. The van der Waals surface area contributed by atoms with Gasteiger partial charge in [-0.3, -0.25) is 24.6 Å². The van der Waals surface area contributed by atoms with Gasteiger partial charge < -0.3 is 4.90 Å². The molecule has 0 spiro atoms. The molecule has 1 N–H and O–H groups in total. The van der Waals surface area contributed by atoms with Gasteiger partial charge in [0.1, 0.15) is 30.3 Å². The molecular weight excluding hydrogens is 526 g/mol. The zero-order valence-electron chi connectivity index (χ0n) is 19.9. The largest absolute Gasteiger partial charge is 0.341 e. The van der Waals surface area contributed by atoms with Crippen molar-refractivity contribution in [1.29, 1.82) is 0 Å². The molecule has 2 aliphatic rings. The summed E-state index contributed by atoms with van der Waals surface area (Å²) in [5, 5.41) is 6.31. The Kier molecular flexibility index (Phi) is 7.56. The predicted molar refractivity (Wildman–Crippen MR) is 130 cm³/mol. The lowest BCUT2D eigenvalue weighted by atomic mass is 9.97. The summed E-state index contributed by atoms with van der Waals surface area (Å²) in [6.45, 7) is 0.257. The van der Waals surface area contributed by atoms with E-state index in [4.69, 9.17) is 9.82 Å². The smallest absolute Gasteiger partial charge is 0.282 e. The third-order valence-electron chi connectivity index (χ3n) is 6.60. The van der Waals surface area contributed by atoms with Gasteiger partial charge in [0.2, 0.25) is 5.91 Å². The minimum absolute atomic E-state index is 0.110. The van der Waals surface area contributed by atoms with Crippen LogP contribution in [0.5, 0.6) is 0 Å². The van der Waals surface area contributed by atoms with Gasteiger partial charge in [-0.15, -0.1) is 11.3 Å². The number of halogens is 4. The number of carbonyl (C=O) groups is 2. The number of aldehydes is 1. The van der Waals surface area contributed by atoms with Crippen LogP contribution in [0.25, 0.3) is 5.70 Å². The van der Waals surface area contributed by atoms with Crippen molar-refractivity contribution in [2.24, 2.45) is 0 Å². The van der Waals surface area contributed by atoms with E-state index in [9.17, 15) is 27.2 Å². The fourth-order valence-electron chi connectivity index (χ4n) is 4.58. The molecule has 13 heteroatoms. The molecule has 0 aliphatic carbocycles. The maximum Gasteiger partial charge on any atom is 0.282 e. The standard InChI is InChI=1S/C25H23F4N5O3S/c26-23(27)18-9-20(24(28)29)34(31-18)11-22(36)33-7-5-14(6-8-33)25-30-19(13-38-25)17-10-21(37-32-17)16-4-2-1-3-15(16)12-35/h1-4,9-10,12-14,21,23-24,32H,5-8,11H2. The molecule has 5 rings (SSSR count). The van der Waals surface area contributed by atoms with E-state index in [0.717, 1.165) is 16.9 Å². The number of aromatic nitrogens is 3. The van der Waals surface area contributed by atoms with Crippen LogP contribution < -0.4 is 5.48 Å². The van der Waals surface area contributed by atoms with Crippen LogP contribution >= 0.6 is 11.3 Å². The van der Waals surface area contributed by atoms with Crippen LogP contribution in [0.3, 0.4) is 0 Å². The maximum absolute atomic E-state index is 13.2. The lowest BCUT2D eigenvalue weighted by Crippen LogP contribution is -2.40. The van der Waals surface area contributed by atoms with Gasteiger partial charge in [0, 0.05) is 30.0 Å². The van der Waals surface area contributed by atoms with Crippen LogP contribution in [0.2, 0.25) is 0 Å². The first-order valence-corrected chi connectivity index (χ1v) is 12.8. The van der Waals surface area contributed by atoms with E-state index in [1.165, 1.54) is 16.2 Å². The fourth-order valence-corrected chi connectivity index (χ4v) is 5.57. The average molecular weight is 550 g/mol.